The number of anilines is 1. The number of nitrogens with zero attached hydrogens (tertiary/aromatic N) is 1. The number of methoxy groups -OCH3 is 1. The molecule has 1 heterocycles. The lowest BCUT2D eigenvalue weighted by atomic mass is 10.2. The molecular weight excluding hydrogens is 320 g/mol. The van der Waals surface area contributed by atoms with Crippen molar-refractivity contribution >= 4 is 21.8 Å². The summed E-state index contributed by atoms with van der Waals surface area (Å²) in [7, 11) is -2.40. The van der Waals surface area contributed by atoms with Crippen LogP contribution in [-0.4, -0.2) is 33.1 Å². The first-order valence-corrected chi connectivity index (χ1v) is 8.25. The SMILES string of the molecule is CCOC(=O)c1cccnc1NS(=O)(=O)c1ccc(OC)cc1. The van der Waals surface area contributed by atoms with Gasteiger partial charge in [0.05, 0.1) is 18.6 Å². The Morgan fingerprint density at radius 1 is 1.22 bits per heavy atom. The van der Waals surface area contributed by atoms with E-state index in [1.165, 1.54) is 49.7 Å². The molecule has 0 saturated heterocycles. The number of ether oxygens (including phenoxy) is 2. The van der Waals surface area contributed by atoms with Gasteiger partial charge in [-0.15, -0.1) is 0 Å². The summed E-state index contributed by atoms with van der Waals surface area (Å²) in [5.74, 6) is -0.191. The van der Waals surface area contributed by atoms with Crippen molar-refractivity contribution in [2.75, 3.05) is 18.4 Å². The lowest BCUT2D eigenvalue weighted by Gasteiger charge is -2.11. The third-order valence-corrected chi connectivity index (χ3v) is 4.26. The van der Waals surface area contributed by atoms with Crippen molar-refractivity contribution < 1.29 is 22.7 Å². The predicted octanol–water partition coefficient (Wildman–Crippen LogP) is 2.07. The van der Waals surface area contributed by atoms with Crippen molar-refractivity contribution in [3.63, 3.8) is 0 Å². The van der Waals surface area contributed by atoms with Gasteiger partial charge in [-0.05, 0) is 43.3 Å². The van der Waals surface area contributed by atoms with E-state index in [0.29, 0.717) is 5.75 Å². The molecule has 0 spiro atoms. The van der Waals surface area contributed by atoms with Gasteiger partial charge in [-0.25, -0.2) is 18.2 Å². The zero-order valence-corrected chi connectivity index (χ0v) is 13.5. The maximum absolute atomic E-state index is 12.4. The van der Waals surface area contributed by atoms with Gasteiger partial charge in [0.2, 0.25) is 0 Å². The van der Waals surface area contributed by atoms with Crippen molar-refractivity contribution in [1.82, 2.24) is 4.98 Å². The van der Waals surface area contributed by atoms with E-state index in [9.17, 15) is 13.2 Å². The highest BCUT2D eigenvalue weighted by atomic mass is 32.2. The van der Waals surface area contributed by atoms with Crippen LogP contribution in [-0.2, 0) is 14.8 Å². The minimum absolute atomic E-state index is 0.0266. The number of carbonyl (C=O) groups is 1. The summed E-state index contributed by atoms with van der Waals surface area (Å²) in [5, 5.41) is 0. The Labute approximate surface area is 134 Å². The molecule has 0 unspecified atom stereocenters. The third kappa shape index (κ3) is 3.98. The molecule has 0 aliphatic carbocycles. The quantitative estimate of drug-likeness (QED) is 0.812. The first-order valence-electron chi connectivity index (χ1n) is 6.77. The molecule has 0 amide bonds. The van der Waals surface area contributed by atoms with Gasteiger partial charge < -0.3 is 9.47 Å². The zero-order valence-electron chi connectivity index (χ0n) is 12.6. The Bertz CT molecular complexity index is 788. The first kappa shape index (κ1) is 16.8. The fraction of sp³-hybridized carbons (Fsp3) is 0.200. The molecule has 2 aromatic rings. The highest BCUT2D eigenvalue weighted by Gasteiger charge is 2.20. The monoisotopic (exact) mass is 336 g/mol. The number of rotatable bonds is 6. The Hall–Kier alpha value is -2.61. The minimum atomic E-state index is -3.89. The van der Waals surface area contributed by atoms with E-state index in [4.69, 9.17) is 9.47 Å². The van der Waals surface area contributed by atoms with Crippen LogP contribution < -0.4 is 9.46 Å². The molecule has 0 atom stereocenters. The summed E-state index contributed by atoms with van der Waals surface area (Å²) in [6, 6.07) is 8.81. The first-order chi connectivity index (χ1) is 11.0. The fourth-order valence-corrected chi connectivity index (χ4v) is 2.83. The molecule has 8 heteroatoms. The Kier molecular flexibility index (Phi) is 5.17. The van der Waals surface area contributed by atoms with Gasteiger partial charge in [0.15, 0.2) is 5.82 Å². The summed E-state index contributed by atoms with van der Waals surface area (Å²) in [5.41, 5.74) is 0.0476. The second kappa shape index (κ2) is 7.10. The topological polar surface area (TPSA) is 94.6 Å². The summed E-state index contributed by atoms with van der Waals surface area (Å²) >= 11 is 0. The van der Waals surface area contributed by atoms with Crippen LogP contribution in [0.1, 0.15) is 17.3 Å². The average Bonchev–Trinajstić information content (AvgIpc) is 2.55. The van der Waals surface area contributed by atoms with Crippen molar-refractivity contribution in [3.05, 3.63) is 48.2 Å². The smallest absolute Gasteiger partial charge is 0.341 e. The van der Waals surface area contributed by atoms with Crippen molar-refractivity contribution in [2.24, 2.45) is 0 Å². The molecule has 1 aromatic carbocycles. The molecule has 0 fully saturated rings. The van der Waals surface area contributed by atoms with Gasteiger partial charge in [-0.3, -0.25) is 4.72 Å². The molecule has 1 N–H and O–H groups in total. The van der Waals surface area contributed by atoms with Crippen LogP contribution in [0.15, 0.2) is 47.5 Å². The van der Waals surface area contributed by atoms with Crippen LogP contribution in [0.2, 0.25) is 0 Å². The van der Waals surface area contributed by atoms with Crippen LogP contribution in [0.4, 0.5) is 5.82 Å². The molecule has 23 heavy (non-hydrogen) atoms. The summed E-state index contributed by atoms with van der Waals surface area (Å²) < 4.78 is 37.0. The fourth-order valence-electron chi connectivity index (χ4n) is 1.80. The molecule has 0 aliphatic rings. The Balaban J connectivity index is 2.31. The lowest BCUT2D eigenvalue weighted by molar-refractivity contribution is 0.0527. The number of esters is 1. The Morgan fingerprint density at radius 2 is 1.91 bits per heavy atom. The molecule has 122 valence electrons. The number of carbonyl (C=O) groups excluding carboxylic acids is 1. The highest BCUT2D eigenvalue weighted by molar-refractivity contribution is 7.92. The third-order valence-electron chi connectivity index (χ3n) is 2.90. The number of benzene rings is 1. The van der Waals surface area contributed by atoms with E-state index >= 15 is 0 Å². The van der Waals surface area contributed by atoms with E-state index in [0.717, 1.165) is 0 Å². The minimum Gasteiger partial charge on any atom is -0.497 e. The second-order valence-electron chi connectivity index (χ2n) is 4.40. The lowest BCUT2D eigenvalue weighted by Crippen LogP contribution is -2.17. The van der Waals surface area contributed by atoms with Gasteiger partial charge >= 0.3 is 5.97 Å². The van der Waals surface area contributed by atoms with Crippen molar-refractivity contribution in [2.45, 2.75) is 11.8 Å². The Morgan fingerprint density at radius 3 is 2.52 bits per heavy atom. The molecule has 0 aliphatic heterocycles. The number of hydrogen-bond donors (Lipinski definition) is 1. The number of aromatic nitrogens is 1. The molecule has 0 saturated carbocycles. The van der Waals surface area contributed by atoms with Crippen LogP contribution in [0, 0.1) is 0 Å². The van der Waals surface area contributed by atoms with Gasteiger partial charge in [-0.2, -0.15) is 0 Å². The maximum Gasteiger partial charge on any atom is 0.341 e. The van der Waals surface area contributed by atoms with Gasteiger partial charge in [-0.1, -0.05) is 0 Å². The molecular formula is C15H16N2O5S. The van der Waals surface area contributed by atoms with E-state index in [1.807, 2.05) is 0 Å². The summed E-state index contributed by atoms with van der Waals surface area (Å²) in [6.07, 6.45) is 1.38. The van der Waals surface area contributed by atoms with E-state index < -0.39 is 16.0 Å². The van der Waals surface area contributed by atoms with E-state index in [2.05, 4.69) is 9.71 Å². The molecule has 1 aromatic heterocycles. The number of nitrogens with one attached hydrogen (secondary N) is 1. The summed E-state index contributed by atoms with van der Waals surface area (Å²) in [6.45, 7) is 1.84. The maximum atomic E-state index is 12.4. The van der Waals surface area contributed by atoms with Gasteiger partial charge in [0, 0.05) is 6.20 Å². The predicted molar refractivity (Wildman–Crippen MR) is 84.0 cm³/mol. The van der Waals surface area contributed by atoms with Crippen LogP contribution >= 0.6 is 0 Å². The zero-order chi connectivity index (χ0) is 16.9. The van der Waals surface area contributed by atoms with E-state index in [1.54, 1.807) is 6.92 Å². The number of sulfonamides is 1. The molecule has 0 bridgehead atoms. The molecule has 2 rings (SSSR count). The largest absolute Gasteiger partial charge is 0.497 e. The van der Waals surface area contributed by atoms with Gasteiger partial charge in [0.25, 0.3) is 10.0 Å². The number of hydrogen-bond acceptors (Lipinski definition) is 6. The second-order valence-corrected chi connectivity index (χ2v) is 6.08. The standard InChI is InChI=1S/C15H16N2O5S/c1-3-22-15(18)13-5-4-10-16-14(13)17-23(19,20)12-8-6-11(21-2)7-9-12/h4-10H,3H2,1-2H3,(H,16,17). The van der Waals surface area contributed by atoms with E-state index in [-0.39, 0.29) is 22.9 Å². The van der Waals surface area contributed by atoms with Crippen LogP contribution in [0.5, 0.6) is 5.75 Å². The molecule has 0 radical (unpaired) electrons. The van der Waals surface area contributed by atoms with Crippen molar-refractivity contribution in [1.29, 1.82) is 0 Å². The number of pyridine rings is 1. The molecule has 7 nitrogen and oxygen atoms in total. The normalized spacial score (nSPS) is 10.9. The van der Waals surface area contributed by atoms with Crippen LogP contribution in [0.3, 0.4) is 0 Å². The van der Waals surface area contributed by atoms with Crippen LogP contribution in [0.25, 0.3) is 0 Å². The summed E-state index contributed by atoms with van der Waals surface area (Å²) in [4.78, 5) is 15.8. The highest BCUT2D eigenvalue weighted by Crippen LogP contribution is 2.20. The average molecular weight is 336 g/mol. The van der Waals surface area contributed by atoms with Gasteiger partial charge in [0.1, 0.15) is 11.3 Å². The van der Waals surface area contributed by atoms with Crippen molar-refractivity contribution in [3.8, 4) is 5.75 Å².